The number of ketones is 1. The van der Waals surface area contributed by atoms with Crippen molar-refractivity contribution >= 4 is 35.6 Å². The SMILES string of the molecule is CC1(C)CCN(C[C@@H](NC(=O)N[C@H](C(=O)N2C[C@H](OC(N)=O)C[C@H]2C(=O)NC(CC2CC2)C(=O)C(N)=O)C(C)(C)C)C(C)(C)C)C(O)C1. The normalized spacial score (nSPS) is 24.9. The number of carbonyl (C=O) groups is 6. The summed E-state index contributed by atoms with van der Waals surface area (Å²) in [6.07, 6.45) is 0.707. The molecule has 0 aromatic rings. The average molecular weight is 680 g/mol. The van der Waals surface area contributed by atoms with Crippen molar-refractivity contribution in [3.63, 3.8) is 0 Å². The molecule has 15 nitrogen and oxygen atoms in total. The zero-order valence-electron chi connectivity index (χ0n) is 29.8. The van der Waals surface area contributed by atoms with Crippen LogP contribution in [0.15, 0.2) is 0 Å². The fourth-order valence-corrected chi connectivity index (χ4v) is 6.35. The maximum atomic E-state index is 14.2. The van der Waals surface area contributed by atoms with Crippen LogP contribution in [0.2, 0.25) is 0 Å². The summed E-state index contributed by atoms with van der Waals surface area (Å²) in [5.41, 5.74) is 9.27. The monoisotopic (exact) mass is 679 g/mol. The number of aliphatic hydroxyl groups excluding tert-OH is 1. The summed E-state index contributed by atoms with van der Waals surface area (Å²) in [6.45, 7) is 16.4. The number of piperidine rings is 1. The minimum atomic E-state index is -1.19. The molecule has 3 fully saturated rings. The van der Waals surface area contributed by atoms with Crippen molar-refractivity contribution in [2.75, 3.05) is 19.6 Å². The highest BCUT2D eigenvalue weighted by Crippen LogP contribution is 2.35. The largest absolute Gasteiger partial charge is 0.444 e. The van der Waals surface area contributed by atoms with E-state index in [-0.39, 0.29) is 30.7 Å². The number of nitrogens with one attached hydrogen (secondary N) is 3. The van der Waals surface area contributed by atoms with Gasteiger partial charge in [0.1, 0.15) is 24.4 Å². The predicted octanol–water partition coefficient (Wildman–Crippen LogP) is 0.960. The van der Waals surface area contributed by atoms with Crippen molar-refractivity contribution in [1.82, 2.24) is 25.8 Å². The molecule has 1 saturated carbocycles. The van der Waals surface area contributed by atoms with E-state index >= 15 is 0 Å². The molecule has 0 spiro atoms. The highest BCUT2D eigenvalue weighted by atomic mass is 16.6. The molecule has 0 aromatic carbocycles. The van der Waals surface area contributed by atoms with Crippen LogP contribution in [-0.2, 0) is 23.9 Å². The minimum Gasteiger partial charge on any atom is -0.444 e. The van der Waals surface area contributed by atoms with Crippen molar-refractivity contribution in [3.05, 3.63) is 0 Å². The molecule has 1 aliphatic carbocycles. The number of rotatable bonds is 12. The van der Waals surface area contributed by atoms with Crippen LogP contribution in [0.4, 0.5) is 9.59 Å². The average Bonchev–Trinajstić information content (AvgIpc) is 3.65. The lowest BCUT2D eigenvalue weighted by Crippen LogP contribution is -2.62. The van der Waals surface area contributed by atoms with Gasteiger partial charge >= 0.3 is 12.1 Å². The molecule has 272 valence electrons. The summed E-state index contributed by atoms with van der Waals surface area (Å²) in [6, 6.07) is -4.47. The summed E-state index contributed by atoms with van der Waals surface area (Å²) in [5.74, 6) is -3.26. The van der Waals surface area contributed by atoms with Crippen LogP contribution in [0.3, 0.4) is 0 Å². The molecule has 3 rings (SSSR count). The lowest BCUT2D eigenvalue weighted by molar-refractivity contribution is -0.143. The Balaban J connectivity index is 1.80. The van der Waals surface area contributed by atoms with Crippen molar-refractivity contribution in [2.45, 2.75) is 130 Å². The Hall–Kier alpha value is -3.46. The second-order valence-electron chi connectivity index (χ2n) is 16.7. The van der Waals surface area contributed by atoms with E-state index in [0.29, 0.717) is 19.5 Å². The molecule has 2 aliphatic heterocycles. The topological polar surface area (TPSA) is 226 Å². The van der Waals surface area contributed by atoms with Crippen molar-refractivity contribution < 1.29 is 38.6 Å². The third-order valence-corrected chi connectivity index (χ3v) is 9.66. The van der Waals surface area contributed by atoms with Crippen molar-refractivity contribution in [2.24, 2.45) is 33.6 Å². The number of carbonyl (C=O) groups excluding carboxylic acids is 6. The van der Waals surface area contributed by atoms with Crippen LogP contribution in [0, 0.1) is 22.2 Å². The molecule has 15 heteroatoms. The Bertz CT molecular complexity index is 1240. The van der Waals surface area contributed by atoms with Crippen LogP contribution in [0.5, 0.6) is 0 Å². The van der Waals surface area contributed by atoms with Crippen LogP contribution in [0.25, 0.3) is 0 Å². The van der Waals surface area contributed by atoms with Gasteiger partial charge in [-0.25, -0.2) is 9.59 Å². The molecule has 3 aliphatic rings. The number of amides is 6. The molecule has 6 amide bonds. The van der Waals surface area contributed by atoms with E-state index in [1.807, 2.05) is 25.7 Å². The minimum absolute atomic E-state index is 0.0135. The molecule has 2 unspecified atom stereocenters. The maximum Gasteiger partial charge on any atom is 0.404 e. The number of urea groups is 1. The van der Waals surface area contributed by atoms with Crippen molar-refractivity contribution in [3.8, 4) is 0 Å². The smallest absolute Gasteiger partial charge is 0.404 e. The van der Waals surface area contributed by atoms with Gasteiger partial charge in [-0.2, -0.15) is 0 Å². The van der Waals surface area contributed by atoms with Crippen molar-refractivity contribution in [1.29, 1.82) is 0 Å². The Morgan fingerprint density at radius 1 is 0.958 bits per heavy atom. The molecule has 6 atom stereocenters. The summed E-state index contributed by atoms with van der Waals surface area (Å²) in [5, 5.41) is 19.3. The number of aliphatic hydroxyl groups is 1. The zero-order chi connectivity index (χ0) is 36.4. The Kier molecular flexibility index (Phi) is 12.2. The number of likely N-dealkylation sites (tertiary alicyclic amines) is 2. The first-order chi connectivity index (χ1) is 22.0. The van der Waals surface area contributed by atoms with Gasteiger partial charge in [0.15, 0.2) is 0 Å². The van der Waals surface area contributed by atoms with Gasteiger partial charge in [-0.3, -0.25) is 24.1 Å². The Morgan fingerprint density at radius 2 is 1.58 bits per heavy atom. The molecule has 8 N–H and O–H groups in total. The van der Waals surface area contributed by atoms with Gasteiger partial charge in [-0.1, -0.05) is 68.2 Å². The fourth-order valence-electron chi connectivity index (χ4n) is 6.35. The van der Waals surface area contributed by atoms with Crippen LogP contribution in [0.1, 0.15) is 93.9 Å². The van der Waals surface area contributed by atoms with Gasteiger partial charge in [0.05, 0.1) is 12.6 Å². The summed E-state index contributed by atoms with van der Waals surface area (Å²) < 4.78 is 5.17. The molecule has 0 aromatic heterocycles. The van der Waals surface area contributed by atoms with E-state index < -0.39 is 83.0 Å². The first-order valence-corrected chi connectivity index (χ1v) is 16.9. The predicted molar refractivity (Wildman–Crippen MR) is 177 cm³/mol. The fraction of sp³-hybridized carbons (Fsp3) is 0.818. The Morgan fingerprint density at radius 3 is 2.08 bits per heavy atom. The molecule has 0 bridgehead atoms. The number of hydrogen-bond acceptors (Lipinski definition) is 9. The highest BCUT2D eigenvalue weighted by Gasteiger charge is 2.47. The number of nitrogens with two attached hydrogens (primary N) is 2. The van der Waals surface area contributed by atoms with E-state index in [9.17, 15) is 33.9 Å². The lowest BCUT2D eigenvalue weighted by atomic mass is 9.80. The summed E-state index contributed by atoms with van der Waals surface area (Å²) in [7, 11) is 0. The van der Waals surface area contributed by atoms with Gasteiger partial charge in [0, 0.05) is 25.6 Å². The number of Topliss-reactive ketones (excluding diaryl/α,β-unsaturated/α-hetero) is 1. The third kappa shape index (κ3) is 10.8. The van der Waals surface area contributed by atoms with Gasteiger partial charge in [-0.15, -0.1) is 0 Å². The second kappa shape index (κ2) is 15.0. The van der Waals surface area contributed by atoms with Gasteiger partial charge in [0.2, 0.25) is 17.6 Å². The quantitative estimate of drug-likeness (QED) is 0.161. The molecule has 2 saturated heterocycles. The van der Waals surface area contributed by atoms with Crippen LogP contribution >= 0.6 is 0 Å². The van der Waals surface area contributed by atoms with E-state index in [2.05, 4.69) is 29.8 Å². The number of ether oxygens (including phenoxy) is 1. The number of nitrogens with zero attached hydrogens (tertiary/aromatic N) is 2. The van der Waals surface area contributed by atoms with Gasteiger partial charge in [0.25, 0.3) is 5.91 Å². The number of hydrogen-bond donors (Lipinski definition) is 6. The highest BCUT2D eigenvalue weighted by molar-refractivity contribution is 6.37. The molecule has 48 heavy (non-hydrogen) atoms. The van der Waals surface area contributed by atoms with E-state index in [1.165, 1.54) is 4.90 Å². The first-order valence-electron chi connectivity index (χ1n) is 16.9. The van der Waals surface area contributed by atoms with Gasteiger partial charge in [-0.05, 0) is 41.4 Å². The maximum absolute atomic E-state index is 14.2. The van der Waals surface area contributed by atoms with Crippen LogP contribution in [-0.4, -0.2) is 107 Å². The molecular formula is C33H57N7O8. The van der Waals surface area contributed by atoms with Crippen LogP contribution < -0.4 is 27.4 Å². The molecule has 0 radical (unpaired) electrons. The first kappa shape index (κ1) is 39.0. The van der Waals surface area contributed by atoms with E-state index in [0.717, 1.165) is 19.3 Å². The third-order valence-electron chi connectivity index (χ3n) is 9.66. The van der Waals surface area contributed by atoms with E-state index in [1.54, 1.807) is 20.8 Å². The molecule has 2 heterocycles. The standard InChI is InChI=1S/C33H57N7O8/c1-31(2,3)22(17-39-12-11-33(7,8)15-23(39)41)37-30(47)38-25(32(4,5)6)28(45)40-16-19(48-29(35)46)14-21(40)27(44)36-20(13-18-9-10-18)24(42)26(34)43/h18-23,25,41H,9-17H2,1-8H3,(H2,34,43)(H2,35,46)(H,36,44)(H2,37,38,47)/t19-,20?,21+,22-,23?,25-/m1/s1. The lowest BCUT2D eigenvalue weighted by Gasteiger charge is -2.44. The summed E-state index contributed by atoms with van der Waals surface area (Å²) >= 11 is 0. The number of primary amides is 2. The second-order valence-corrected chi connectivity index (χ2v) is 16.7. The van der Waals surface area contributed by atoms with Gasteiger partial charge < -0.3 is 42.2 Å². The summed E-state index contributed by atoms with van der Waals surface area (Å²) in [4.78, 5) is 80.5. The van der Waals surface area contributed by atoms with E-state index in [4.69, 9.17) is 16.2 Å². The Labute approximate surface area is 283 Å². The zero-order valence-corrected chi connectivity index (χ0v) is 29.8. The molecular weight excluding hydrogens is 622 g/mol.